The standard InChI is InChI=1S/C17H27N5OS2/c1-21-17(19-16(12-23)20-21)18-6-10-25-15(14-5-9-24-13-14)11-22-7-3-2-4-8-22/h5,9,13,15,23H,2-4,6-8,10-12H2,1H3,(H,18,19,20). The fourth-order valence-corrected chi connectivity index (χ4v) is 5.07. The molecule has 1 aliphatic rings. The fraction of sp³-hybridized carbons (Fsp3) is 0.647. The lowest BCUT2D eigenvalue weighted by Crippen LogP contribution is -2.33. The Morgan fingerprint density at radius 3 is 2.88 bits per heavy atom. The van der Waals surface area contributed by atoms with Crippen LogP contribution in [-0.2, 0) is 13.7 Å². The molecule has 1 fully saturated rings. The zero-order valence-corrected chi connectivity index (χ0v) is 16.4. The number of hydrogen-bond acceptors (Lipinski definition) is 7. The van der Waals surface area contributed by atoms with E-state index < -0.39 is 0 Å². The summed E-state index contributed by atoms with van der Waals surface area (Å²) < 4.78 is 1.68. The maximum absolute atomic E-state index is 9.11. The molecule has 138 valence electrons. The lowest BCUT2D eigenvalue weighted by atomic mass is 10.1. The third-order valence-corrected chi connectivity index (χ3v) is 6.41. The molecule has 2 N–H and O–H groups in total. The van der Waals surface area contributed by atoms with Gasteiger partial charge in [0.05, 0.1) is 0 Å². The molecule has 0 radical (unpaired) electrons. The highest BCUT2D eigenvalue weighted by Gasteiger charge is 2.19. The van der Waals surface area contributed by atoms with Crippen LogP contribution in [0.2, 0.25) is 0 Å². The molecule has 0 spiro atoms. The van der Waals surface area contributed by atoms with Gasteiger partial charge in [-0.1, -0.05) is 6.42 Å². The number of likely N-dealkylation sites (tertiary alicyclic amines) is 1. The molecule has 0 aromatic carbocycles. The van der Waals surface area contributed by atoms with Gasteiger partial charge in [0, 0.05) is 31.1 Å². The van der Waals surface area contributed by atoms with Gasteiger partial charge in [0.15, 0.2) is 5.82 Å². The fourth-order valence-electron chi connectivity index (χ4n) is 3.11. The van der Waals surface area contributed by atoms with Gasteiger partial charge in [0.1, 0.15) is 6.61 Å². The molecule has 0 saturated carbocycles. The van der Waals surface area contributed by atoms with E-state index >= 15 is 0 Å². The van der Waals surface area contributed by atoms with Crippen molar-refractivity contribution < 1.29 is 5.11 Å². The Bertz CT molecular complexity index is 625. The number of hydrogen-bond donors (Lipinski definition) is 2. The lowest BCUT2D eigenvalue weighted by molar-refractivity contribution is 0.230. The number of piperidine rings is 1. The normalized spacial score (nSPS) is 16.9. The van der Waals surface area contributed by atoms with Crippen molar-refractivity contribution in [2.75, 3.05) is 37.2 Å². The van der Waals surface area contributed by atoms with Crippen molar-refractivity contribution in [3.8, 4) is 0 Å². The molecule has 6 nitrogen and oxygen atoms in total. The summed E-state index contributed by atoms with van der Waals surface area (Å²) in [7, 11) is 1.84. The maximum Gasteiger partial charge on any atom is 0.221 e. The summed E-state index contributed by atoms with van der Waals surface area (Å²) in [6, 6.07) is 2.26. The van der Waals surface area contributed by atoms with Gasteiger partial charge in [-0.2, -0.15) is 33.2 Å². The molecule has 3 rings (SSSR count). The van der Waals surface area contributed by atoms with Gasteiger partial charge < -0.3 is 15.3 Å². The number of aliphatic hydroxyl groups is 1. The monoisotopic (exact) mass is 381 g/mol. The lowest BCUT2D eigenvalue weighted by Gasteiger charge is -2.30. The van der Waals surface area contributed by atoms with Crippen LogP contribution in [0.25, 0.3) is 0 Å². The number of thioether (sulfide) groups is 1. The van der Waals surface area contributed by atoms with E-state index in [4.69, 9.17) is 5.11 Å². The van der Waals surface area contributed by atoms with Gasteiger partial charge in [-0.3, -0.25) is 0 Å². The molecule has 25 heavy (non-hydrogen) atoms. The Hall–Kier alpha value is -1.09. The average Bonchev–Trinajstić information content (AvgIpc) is 3.28. The third-order valence-electron chi connectivity index (χ3n) is 4.44. The van der Waals surface area contributed by atoms with Gasteiger partial charge in [0.25, 0.3) is 0 Å². The number of anilines is 1. The maximum atomic E-state index is 9.11. The molecule has 3 heterocycles. The minimum absolute atomic E-state index is 0.125. The molecule has 2 aromatic heterocycles. The van der Waals surface area contributed by atoms with Gasteiger partial charge in [-0.05, 0) is 48.3 Å². The largest absolute Gasteiger partial charge is 0.388 e. The second-order valence-electron chi connectivity index (χ2n) is 6.34. The predicted molar refractivity (Wildman–Crippen MR) is 105 cm³/mol. The molecule has 1 aliphatic heterocycles. The smallest absolute Gasteiger partial charge is 0.221 e. The molecule has 2 aromatic rings. The second-order valence-corrected chi connectivity index (χ2v) is 8.43. The van der Waals surface area contributed by atoms with Crippen LogP contribution in [0.4, 0.5) is 5.95 Å². The number of aromatic nitrogens is 3. The number of rotatable bonds is 9. The van der Waals surface area contributed by atoms with Crippen molar-refractivity contribution in [2.45, 2.75) is 31.1 Å². The minimum atomic E-state index is -0.125. The molecule has 0 aliphatic carbocycles. The zero-order valence-electron chi connectivity index (χ0n) is 14.7. The van der Waals surface area contributed by atoms with Crippen molar-refractivity contribution in [1.29, 1.82) is 0 Å². The van der Waals surface area contributed by atoms with E-state index in [1.807, 2.05) is 18.8 Å². The first-order valence-electron chi connectivity index (χ1n) is 8.87. The van der Waals surface area contributed by atoms with E-state index in [-0.39, 0.29) is 6.61 Å². The van der Waals surface area contributed by atoms with Crippen LogP contribution in [-0.4, -0.2) is 56.7 Å². The quantitative estimate of drug-likeness (QED) is 0.651. The summed E-state index contributed by atoms with van der Waals surface area (Å²) in [6.07, 6.45) is 4.05. The van der Waals surface area contributed by atoms with Crippen molar-refractivity contribution in [3.05, 3.63) is 28.2 Å². The molecule has 0 amide bonds. The Morgan fingerprint density at radius 2 is 2.20 bits per heavy atom. The summed E-state index contributed by atoms with van der Waals surface area (Å²) >= 11 is 3.79. The van der Waals surface area contributed by atoms with Gasteiger partial charge >= 0.3 is 0 Å². The second kappa shape index (κ2) is 9.56. The SMILES string of the molecule is Cn1nc(CO)nc1NCCSC(CN1CCCCC1)c1ccsc1. The van der Waals surface area contributed by atoms with E-state index in [1.165, 1.54) is 37.9 Å². The van der Waals surface area contributed by atoms with E-state index in [0.717, 1.165) is 18.8 Å². The summed E-state index contributed by atoms with van der Waals surface area (Å²) in [6.45, 7) is 4.33. The van der Waals surface area contributed by atoms with Crippen LogP contribution >= 0.6 is 23.1 Å². The number of aliphatic hydroxyl groups excluding tert-OH is 1. The first-order chi connectivity index (χ1) is 12.3. The van der Waals surface area contributed by atoms with Crippen molar-refractivity contribution in [1.82, 2.24) is 19.7 Å². The highest BCUT2D eigenvalue weighted by Crippen LogP contribution is 2.32. The van der Waals surface area contributed by atoms with Crippen LogP contribution in [0.3, 0.4) is 0 Å². The molecule has 1 unspecified atom stereocenters. The van der Waals surface area contributed by atoms with E-state index in [1.54, 1.807) is 16.0 Å². The highest BCUT2D eigenvalue weighted by atomic mass is 32.2. The van der Waals surface area contributed by atoms with Crippen LogP contribution in [0, 0.1) is 0 Å². The summed E-state index contributed by atoms with van der Waals surface area (Å²) in [5.74, 6) is 2.18. The summed E-state index contributed by atoms with van der Waals surface area (Å²) in [4.78, 5) is 6.88. The van der Waals surface area contributed by atoms with Crippen LogP contribution < -0.4 is 5.32 Å². The predicted octanol–water partition coefficient (Wildman–Crippen LogP) is 2.74. The topological polar surface area (TPSA) is 66.2 Å². The minimum Gasteiger partial charge on any atom is -0.388 e. The van der Waals surface area contributed by atoms with Crippen LogP contribution in [0.5, 0.6) is 0 Å². The first-order valence-corrected chi connectivity index (χ1v) is 10.9. The Morgan fingerprint density at radius 1 is 1.36 bits per heavy atom. The van der Waals surface area contributed by atoms with Crippen LogP contribution in [0.15, 0.2) is 16.8 Å². The average molecular weight is 382 g/mol. The van der Waals surface area contributed by atoms with Gasteiger partial charge in [0.2, 0.25) is 5.95 Å². The Balaban J connectivity index is 1.49. The van der Waals surface area contributed by atoms with E-state index in [9.17, 15) is 0 Å². The Kier molecular flexibility index (Phi) is 7.15. The molecule has 1 saturated heterocycles. The molecule has 1 atom stereocenters. The van der Waals surface area contributed by atoms with Gasteiger partial charge in [-0.15, -0.1) is 0 Å². The van der Waals surface area contributed by atoms with E-state index in [2.05, 4.69) is 37.1 Å². The molecular weight excluding hydrogens is 354 g/mol. The Labute approximate surface area is 157 Å². The van der Waals surface area contributed by atoms with E-state index in [0.29, 0.717) is 17.0 Å². The number of nitrogens with zero attached hydrogens (tertiary/aromatic N) is 4. The number of thiophene rings is 1. The van der Waals surface area contributed by atoms with Crippen molar-refractivity contribution in [2.24, 2.45) is 7.05 Å². The van der Waals surface area contributed by atoms with Crippen molar-refractivity contribution >= 4 is 29.0 Å². The van der Waals surface area contributed by atoms with Crippen molar-refractivity contribution in [3.63, 3.8) is 0 Å². The number of aryl methyl sites for hydroxylation is 1. The van der Waals surface area contributed by atoms with Gasteiger partial charge in [-0.25, -0.2) is 4.68 Å². The highest BCUT2D eigenvalue weighted by molar-refractivity contribution is 7.99. The first kappa shape index (κ1) is 18.7. The third kappa shape index (κ3) is 5.44. The zero-order chi connectivity index (χ0) is 17.5. The molecular formula is C17H27N5OS2. The molecule has 0 bridgehead atoms. The van der Waals surface area contributed by atoms with Crippen LogP contribution in [0.1, 0.15) is 35.9 Å². The molecule has 8 heteroatoms. The number of nitrogens with one attached hydrogen (secondary N) is 1. The summed E-state index contributed by atoms with van der Waals surface area (Å²) in [5.41, 5.74) is 1.45. The summed E-state index contributed by atoms with van der Waals surface area (Å²) in [5, 5.41) is 21.6.